The fourth-order valence-corrected chi connectivity index (χ4v) is 3.06. The van der Waals surface area contributed by atoms with Crippen LogP contribution in [0.25, 0.3) is 11.1 Å². The Labute approximate surface area is 144 Å². The number of carbonyl (C=O) groups excluding carboxylic acids is 1. The molecule has 0 aliphatic heterocycles. The van der Waals surface area contributed by atoms with Gasteiger partial charge >= 0.3 is 0 Å². The molecule has 0 aromatic heterocycles. The van der Waals surface area contributed by atoms with E-state index in [1.807, 2.05) is 48.5 Å². The lowest BCUT2D eigenvalue weighted by molar-refractivity contribution is -0.110. The summed E-state index contributed by atoms with van der Waals surface area (Å²) in [4.78, 5) is 12.2. The van der Waals surface area contributed by atoms with E-state index < -0.39 is 11.9 Å². The van der Waals surface area contributed by atoms with Gasteiger partial charge in [-0.2, -0.15) is 0 Å². The Kier molecular flexibility index (Phi) is 3.63. The molecule has 0 saturated carbocycles. The van der Waals surface area contributed by atoms with Crippen LogP contribution in [0.15, 0.2) is 82.7 Å². The van der Waals surface area contributed by atoms with Crippen molar-refractivity contribution in [1.82, 2.24) is 0 Å². The maximum atomic E-state index is 12.2. The number of Topliss-reactive ketones (excluding diaryl/α,β-unsaturated/α-hetero) is 1. The number of rotatable bonds is 1. The summed E-state index contributed by atoms with van der Waals surface area (Å²) in [6.07, 6.45) is 2.30. The first-order valence-electron chi connectivity index (χ1n) is 7.81. The predicted octanol–water partition coefficient (Wildman–Crippen LogP) is 2.80. The van der Waals surface area contributed by atoms with Crippen molar-refractivity contribution in [3.05, 3.63) is 83.6 Å². The van der Waals surface area contributed by atoms with Crippen molar-refractivity contribution in [2.45, 2.75) is 6.10 Å². The monoisotopic (exact) mass is 330 g/mol. The molecular weight excluding hydrogens is 316 g/mol. The number of nitrogens with zero attached hydrogens (tertiary/aromatic N) is 2. The van der Waals surface area contributed by atoms with E-state index in [0.717, 1.165) is 22.3 Å². The summed E-state index contributed by atoms with van der Waals surface area (Å²) in [5.41, 5.74) is 4.58. The van der Waals surface area contributed by atoms with E-state index in [9.17, 15) is 9.90 Å². The Balaban J connectivity index is 1.85. The van der Waals surface area contributed by atoms with Crippen molar-refractivity contribution in [3.63, 3.8) is 0 Å². The normalized spacial score (nSPS) is 21.6. The van der Waals surface area contributed by atoms with E-state index in [4.69, 9.17) is 5.11 Å². The molecule has 5 heteroatoms. The van der Waals surface area contributed by atoms with Crippen LogP contribution in [0.4, 0.5) is 0 Å². The minimum absolute atomic E-state index is 0.0662. The van der Waals surface area contributed by atoms with E-state index in [-0.39, 0.29) is 11.3 Å². The molecular formula is C20H14N2O3. The molecule has 0 bridgehead atoms. The van der Waals surface area contributed by atoms with Crippen LogP contribution in [-0.4, -0.2) is 33.5 Å². The molecule has 25 heavy (non-hydrogen) atoms. The average molecular weight is 330 g/mol. The van der Waals surface area contributed by atoms with Crippen molar-refractivity contribution < 1.29 is 15.0 Å². The Morgan fingerprint density at radius 1 is 0.880 bits per heavy atom. The highest BCUT2D eigenvalue weighted by Gasteiger charge is 2.27. The highest BCUT2D eigenvalue weighted by Crippen LogP contribution is 2.36. The largest absolute Gasteiger partial charge is 0.515 e. The first-order valence-corrected chi connectivity index (χ1v) is 7.81. The second-order valence-corrected chi connectivity index (χ2v) is 5.74. The number of allylic oxidation sites excluding steroid dienone is 2. The number of carbonyl (C=O) groups is 1. The molecule has 1 atom stereocenters. The van der Waals surface area contributed by atoms with Crippen molar-refractivity contribution in [3.8, 4) is 11.1 Å². The van der Waals surface area contributed by atoms with Crippen LogP contribution in [0.5, 0.6) is 0 Å². The zero-order valence-electron chi connectivity index (χ0n) is 13.1. The molecule has 4 rings (SSSR count). The van der Waals surface area contributed by atoms with Gasteiger partial charge in [-0.1, -0.05) is 48.5 Å². The number of hydrogen-bond acceptors (Lipinski definition) is 5. The fourth-order valence-electron chi connectivity index (χ4n) is 3.06. The lowest BCUT2D eigenvalue weighted by Gasteiger charge is -2.13. The van der Waals surface area contributed by atoms with Gasteiger partial charge in [0, 0.05) is 11.1 Å². The van der Waals surface area contributed by atoms with Crippen LogP contribution in [0, 0.1) is 0 Å². The predicted molar refractivity (Wildman–Crippen MR) is 95.8 cm³/mol. The van der Waals surface area contributed by atoms with Crippen LogP contribution < -0.4 is 0 Å². The number of ketones is 1. The van der Waals surface area contributed by atoms with Gasteiger partial charge in [-0.3, -0.25) is 4.79 Å². The molecule has 0 amide bonds. The van der Waals surface area contributed by atoms with Crippen molar-refractivity contribution in [1.29, 1.82) is 0 Å². The first-order chi connectivity index (χ1) is 12.2. The molecule has 2 N–H and O–H groups in total. The van der Waals surface area contributed by atoms with Gasteiger partial charge in [0.2, 0.25) is 5.78 Å². The van der Waals surface area contributed by atoms with Gasteiger partial charge in [0.1, 0.15) is 17.5 Å². The number of fused-ring (bicyclic) bond motifs is 3. The highest BCUT2D eigenvalue weighted by molar-refractivity contribution is 6.49. The summed E-state index contributed by atoms with van der Waals surface area (Å²) in [5.74, 6) is -0.540. The molecule has 2 aromatic rings. The van der Waals surface area contributed by atoms with Crippen molar-refractivity contribution >= 4 is 17.2 Å². The van der Waals surface area contributed by atoms with E-state index in [2.05, 4.69) is 10.2 Å². The summed E-state index contributed by atoms with van der Waals surface area (Å²) >= 11 is 0. The van der Waals surface area contributed by atoms with E-state index in [1.54, 1.807) is 0 Å². The van der Waals surface area contributed by atoms with E-state index in [0.29, 0.717) is 12.0 Å². The van der Waals surface area contributed by atoms with Crippen LogP contribution in [0.2, 0.25) is 0 Å². The highest BCUT2D eigenvalue weighted by atomic mass is 16.3. The summed E-state index contributed by atoms with van der Waals surface area (Å²) in [6, 6.07) is 15.7. The molecule has 2 aliphatic carbocycles. The lowest BCUT2D eigenvalue weighted by Crippen LogP contribution is -2.31. The van der Waals surface area contributed by atoms with Gasteiger partial charge in [0.15, 0.2) is 0 Å². The summed E-state index contributed by atoms with van der Waals surface area (Å²) < 4.78 is 0. The van der Waals surface area contributed by atoms with Crippen LogP contribution in [0.1, 0.15) is 11.1 Å². The average Bonchev–Trinajstić information content (AvgIpc) is 2.96. The summed E-state index contributed by atoms with van der Waals surface area (Å²) in [5, 5.41) is 27.4. The molecule has 122 valence electrons. The number of benzene rings is 2. The number of aliphatic hydroxyl groups excluding tert-OH is 2. The van der Waals surface area contributed by atoms with E-state index >= 15 is 0 Å². The topological polar surface area (TPSA) is 82.2 Å². The maximum absolute atomic E-state index is 12.2. The molecule has 1 unspecified atom stereocenters. The lowest BCUT2D eigenvalue weighted by atomic mass is 9.97. The van der Waals surface area contributed by atoms with Crippen molar-refractivity contribution in [2.75, 3.05) is 0 Å². The van der Waals surface area contributed by atoms with Crippen molar-refractivity contribution in [2.24, 2.45) is 10.2 Å². The second-order valence-electron chi connectivity index (χ2n) is 5.74. The van der Waals surface area contributed by atoms with Gasteiger partial charge in [-0.25, -0.2) is 0 Å². The molecule has 0 saturated heterocycles. The van der Waals surface area contributed by atoms with Gasteiger partial charge in [0.05, 0.1) is 11.8 Å². The van der Waals surface area contributed by atoms with Crippen LogP contribution >= 0.6 is 0 Å². The third-order valence-electron chi connectivity index (χ3n) is 4.28. The zero-order chi connectivity index (χ0) is 17.4. The molecule has 2 aromatic carbocycles. The molecule has 2 aliphatic rings. The van der Waals surface area contributed by atoms with Gasteiger partial charge in [0.25, 0.3) is 0 Å². The molecule has 0 fully saturated rings. The third kappa shape index (κ3) is 2.42. The molecule has 0 spiro atoms. The Morgan fingerprint density at radius 3 is 2.00 bits per heavy atom. The van der Waals surface area contributed by atoms with Gasteiger partial charge < -0.3 is 10.2 Å². The molecule has 0 radical (unpaired) electrons. The smallest absolute Gasteiger partial charge is 0.215 e. The van der Waals surface area contributed by atoms with Gasteiger partial charge in [-0.15, -0.1) is 10.2 Å². The summed E-state index contributed by atoms with van der Waals surface area (Å²) in [7, 11) is 0. The van der Waals surface area contributed by atoms with E-state index in [1.165, 1.54) is 12.2 Å². The Bertz CT molecular complexity index is 952. The number of hydrogen-bond donors (Lipinski definition) is 2. The van der Waals surface area contributed by atoms with Gasteiger partial charge in [-0.05, 0) is 23.3 Å². The minimum atomic E-state index is -1.15. The maximum Gasteiger partial charge on any atom is 0.215 e. The summed E-state index contributed by atoms with van der Waals surface area (Å²) in [6.45, 7) is 0. The van der Waals surface area contributed by atoms with Crippen LogP contribution in [0.3, 0.4) is 0 Å². The minimum Gasteiger partial charge on any atom is -0.515 e. The fraction of sp³-hybridized carbons (Fsp3) is 0.0500. The SMILES string of the molecule is O=C1C(=CO)C=CC(O)C1=NN=C1c2ccccc2-c2ccccc21. The second kappa shape index (κ2) is 5.96. The quantitative estimate of drug-likeness (QED) is 0.409. The third-order valence-corrected chi connectivity index (χ3v) is 4.28. The Hall–Kier alpha value is -3.31. The standard InChI is InChI=1S/C20H14N2O3/c23-11-12-9-10-17(24)19(20(12)25)22-21-18-15-7-3-1-5-13(15)14-6-2-4-8-16(14)18/h1-11,17,23-24H. The molecule has 5 nitrogen and oxygen atoms in total. The first kappa shape index (κ1) is 15.2. The molecule has 0 heterocycles. The zero-order valence-corrected chi connectivity index (χ0v) is 13.1. The number of aliphatic hydroxyl groups is 2. The van der Waals surface area contributed by atoms with Crippen LogP contribution in [-0.2, 0) is 4.79 Å². The Morgan fingerprint density at radius 2 is 1.44 bits per heavy atom.